The molecule has 3 aromatic rings. The smallest absolute Gasteiger partial charge is 0.271 e. The molecular formula is C19H20N4O3S. The Morgan fingerprint density at radius 2 is 1.93 bits per heavy atom. The molecule has 0 aliphatic heterocycles. The monoisotopic (exact) mass is 384 g/mol. The third-order valence-electron chi connectivity index (χ3n) is 4.03. The lowest BCUT2D eigenvalue weighted by molar-refractivity contribution is -0.384. The molecule has 0 atom stereocenters. The number of fused-ring (bicyclic) bond motifs is 1. The Bertz CT molecular complexity index is 990. The van der Waals surface area contributed by atoms with Gasteiger partial charge in [-0.05, 0) is 29.2 Å². The van der Waals surface area contributed by atoms with Gasteiger partial charge in [-0.25, -0.2) is 4.98 Å². The number of hydrogen-bond acceptors (Lipinski definition) is 5. The Kier molecular flexibility index (Phi) is 5.18. The number of imidazole rings is 1. The standard InChI is InChI=1S/C19H20N4O3S/c1-19(2,3)12-4-6-13(7-5-12)20-17(24)11-27-18-21-15-9-8-14(23(25)26)10-16(15)22-18/h4-10H,11H2,1-3H3,(H,20,24)(H,21,22). The number of hydrogen-bond donors (Lipinski definition) is 2. The molecule has 0 spiro atoms. The van der Waals surface area contributed by atoms with Gasteiger partial charge < -0.3 is 10.3 Å². The minimum absolute atomic E-state index is 0.0120. The van der Waals surface area contributed by atoms with Crippen LogP contribution in [0.3, 0.4) is 0 Å². The zero-order valence-corrected chi connectivity index (χ0v) is 16.1. The second kappa shape index (κ2) is 7.40. The fourth-order valence-corrected chi connectivity index (χ4v) is 3.22. The van der Waals surface area contributed by atoms with Crippen LogP contribution in [0.4, 0.5) is 11.4 Å². The van der Waals surface area contributed by atoms with Crippen molar-refractivity contribution in [2.75, 3.05) is 11.1 Å². The summed E-state index contributed by atoms with van der Waals surface area (Å²) in [6.45, 7) is 6.41. The second-order valence-corrected chi connectivity index (χ2v) is 8.13. The van der Waals surface area contributed by atoms with Crippen molar-refractivity contribution >= 4 is 40.1 Å². The number of aromatic nitrogens is 2. The fourth-order valence-electron chi connectivity index (χ4n) is 2.54. The van der Waals surface area contributed by atoms with Crippen LogP contribution in [-0.2, 0) is 10.2 Å². The first-order valence-electron chi connectivity index (χ1n) is 8.40. The van der Waals surface area contributed by atoms with Gasteiger partial charge in [-0.15, -0.1) is 0 Å². The van der Waals surface area contributed by atoms with E-state index in [1.54, 1.807) is 6.07 Å². The largest absolute Gasteiger partial charge is 0.333 e. The first-order valence-corrected chi connectivity index (χ1v) is 9.38. The highest BCUT2D eigenvalue weighted by Crippen LogP contribution is 2.25. The summed E-state index contributed by atoms with van der Waals surface area (Å²) < 4.78 is 0. The highest BCUT2D eigenvalue weighted by Gasteiger charge is 2.14. The molecule has 1 heterocycles. The van der Waals surface area contributed by atoms with Gasteiger partial charge in [0.1, 0.15) is 0 Å². The number of carbonyl (C=O) groups is 1. The number of amides is 1. The van der Waals surface area contributed by atoms with E-state index in [-0.39, 0.29) is 22.8 Å². The van der Waals surface area contributed by atoms with Gasteiger partial charge in [0.15, 0.2) is 5.16 Å². The maximum atomic E-state index is 12.2. The number of carbonyl (C=O) groups excluding carboxylic acids is 1. The van der Waals surface area contributed by atoms with Gasteiger partial charge in [-0.2, -0.15) is 0 Å². The van der Waals surface area contributed by atoms with Crippen LogP contribution >= 0.6 is 11.8 Å². The SMILES string of the molecule is CC(C)(C)c1ccc(NC(=O)CSc2nc3cc([N+](=O)[O-])ccc3[nH]2)cc1. The van der Waals surface area contributed by atoms with Gasteiger partial charge in [0, 0.05) is 17.8 Å². The third kappa shape index (κ3) is 4.65. The number of nitro groups is 1. The van der Waals surface area contributed by atoms with Crippen molar-refractivity contribution in [2.45, 2.75) is 31.3 Å². The molecule has 2 N–H and O–H groups in total. The Morgan fingerprint density at radius 1 is 1.22 bits per heavy atom. The first-order chi connectivity index (χ1) is 12.7. The highest BCUT2D eigenvalue weighted by molar-refractivity contribution is 7.99. The molecule has 0 saturated carbocycles. The van der Waals surface area contributed by atoms with Crippen LogP contribution < -0.4 is 5.32 Å². The van der Waals surface area contributed by atoms with Crippen molar-refractivity contribution < 1.29 is 9.72 Å². The molecular weight excluding hydrogens is 364 g/mol. The summed E-state index contributed by atoms with van der Waals surface area (Å²) in [5.41, 5.74) is 3.20. The summed E-state index contributed by atoms with van der Waals surface area (Å²) in [6.07, 6.45) is 0. The van der Waals surface area contributed by atoms with Gasteiger partial charge in [0.25, 0.3) is 5.69 Å². The minimum atomic E-state index is -0.459. The lowest BCUT2D eigenvalue weighted by Gasteiger charge is -2.19. The lowest BCUT2D eigenvalue weighted by Crippen LogP contribution is -2.15. The predicted octanol–water partition coefficient (Wildman–Crippen LogP) is 4.50. The Hall–Kier alpha value is -2.87. The zero-order valence-electron chi connectivity index (χ0n) is 15.3. The van der Waals surface area contributed by atoms with Crippen LogP contribution in [0, 0.1) is 10.1 Å². The summed E-state index contributed by atoms with van der Waals surface area (Å²) in [5, 5.41) is 14.2. The molecule has 7 nitrogen and oxygen atoms in total. The Morgan fingerprint density at radius 3 is 2.56 bits per heavy atom. The first kappa shape index (κ1) is 18.9. The molecule has 2 aromatic carbocycles. The molecule has 140 valence electrons. The average molecular weight is 384 g/mol. The van der Waals surface area contributed by atoms with E-state index in [1.165, 1.54) is 29.5 Å². The van der Waals surface area contributed by atoms with Crippen LogP contribution in [0.25, 0.3) is 11.0 Å². The van der Waals surface area contributed by atoms with Crippen molar-refractivity contribution in [3.8, 4) is 0 Å². The number of H-pyrrole nitrogens is 1. The molecule has 0 radical (unpaired) electrons. The minimum Gasteiger partial charge on any atom is -0.333 e. The Labute approximate surface area is 160 Å². The number of anilines is 1. The molecule has 1 aromatic heterocycles. The highest BCUT2D eigenvalue weighted by atomic mass is 32.2. The molecule has 27 heavy (non-hydrogen) atoms. The van der Waals surface area contributed by atoms with E-state index in [0.29, 0.717) is 16.2 Å². The summed E-state index contributed by atoms with van der Waals surface area (Å²) in [4.78, 5) is 29.9. The van der Waals surface area contributed by atoms with Crippen LogP contribution in [0.2, 0.25) is 0 Å². The van der Waals surface area contributed by atoms with Gasteiger partial charge >= 0.3 is 0 Å². The summed E-state index contributed by atoms with van der Waals surface area (Å²) in [6, 6.07) is 12.2. The predicted molar refractivity (Wildman–Crippen MR) is 107 cm³/mol. The van der Waals surface area contributed by atoms with E-state index >= 15 is 0 Å². The number of benzene rings is 2. The topological polar surface area (TPSA) is 101 Å². The number of aromatic amines is 1. The lowest BCUT2D eigenvalue weighted by atomic mass is 9.87. The van der Waals surface area contributed by atoms with Gasteiger partial charge in [0.2, 0.25) is 5.91 Å². The van der Waals surface area contributed by atoms with E-state index in [1.807, 2.05) is 24.3 Å². The molecule has 1 amide bonds. The van der Waals surface area contributed by atoms with Crippen LogP contribution in [0.1, 0.15) is 26.3 Å². The van der Waals surface area contributed by atoms with E-state index in [9.17, 15) is 14.9 Å². The van der Waals surface area contributed by atoms with E-state index in [0.717, 1.165) is 5.69 Å². The van der Waals surface area contributed by atoms with Gasteiger partial charge in [-0.1, -0.05) is 44.7 Å². The molecule has 8 heteroatoms. The molecule has 0 fully saturated rings. The summed E-state index contributed by atoms with van der Waals surface area (Å²) >= 11 is 1.25. The summed E-state index contributed by atoms with van der Waals surface area (Å²) in [5.74, 6) is 0.0399. The maximum absolute atomic E-state index is 12.2. The zero-order chi connectivity index (χ0) is 19.6. The number of nitro benzene ring substituents is 1. The second-order valence-electron chi connectivity index (χ2n) is 7.16. The molecule has 0 saturated heterocycles. The van der Waals surface area contributed by atoms with Crippen molar-refractivity contribution in [3.05, 3.63) is 58.1 Å². The number of rotatable bonds is 5. The quantitative estimate of drug-likeness (QED) is 0.383. The molecule has 0 bridgehead atoms. The molecule has 0 unspecified atom stereocenters. The molecule has 0 aliphatic rings. The van der Waals surface area contributed by atoms with Crippen molar-refractivity contribution in [3.63, 3.8) is 0 Å². The van der Waals surface area contributed by atoms with Crippen LogP contribution in [0.5, 0.6) is 0 Å². The fraction of sp³-hybridized carbons (Fsp3) is 0.263. The molecule has 0 aliphatic carbocycles. The Balaban J connectivity index is 1.60. The van der Waals surface area contributed by atoms with Crippen molar-refractivity contribution in [1.29, 1.82) is 0 Å². The van der Waals surface area contributed by atoms with Crippen molar-refractivity contribution in [2.24, 2.45) is 0 Å². The molecule has 3 rings (SSSR count). The number of nitrogens with one attached hydrogen (secondary N) is 2. The number of nitrogens with zero attached hydrogens (tertiary/aromatic N) is 2. The van der Waals surface area contributed by atoms with E-state index < -0.39 is 4.92 Å². The number of non-ortho nitro benzene ring substituents is 1. The van der Waals surface area contributed by atoms with Crippen LogP contribution in [0.15, 0.2) is 47.6 Å². The van der Waals surface area contributed by atoms with Crippen molar-refractivity contribution in [1.82, 2.24) is 9.97 Å². The van der Waals surface area contributed by atoms with Gasteiger partial charge in [-0.3, -0.25) is 14.9 Å². The van der Waals surface area contributed by atoms with Crippen LogP contribution in [-0.4, -0.2) is 26.6 Å². The third-order valence-corrected chi connectivity index (χ3v) is 4.90. The average Bonchev–Trinajstić information content (AvgIpc) is 3.01. The van der Waals surface area contributed by atoms with E-state index in [2.05, 4.69) is 36.1 Å². The van der Waals surface area contributed by atoms with E-state index in [4.69, 9.17) is 0 Å². The summed E-state index contributed by atoms with van der Waals surface area (Å²) in [7, 11) is 0. The maximum Gasteiger partial charge on any atom is 0.271 e. The van der Waals surface area contributed by atoms with Gasteiger partial charge in [0.05, 0.1) is 21.7 Å². The number of thioether (sulfide) groups is 1. The normalized spacial score (nSPS) is 11.5.